The number of carbonyl (C=O) groups excluding carboxylic acids is 2. The summed E-state index contributed by atoms with van der Waals surface area (Å²) in [5, 5.41) is 14.8. The highest BCUT2D eigenvalue weighted by Crippen LogP contribution is 2.35. The van der Waals surface area contributed by atoms with E-state index in [1.165, 1.54) is 0 Å². The van der Waals surface area contributed by atoms with Crippen LogP contribution in [0.4, 0.5) is 0 Å². The number of ether oxygens (including phenoxy) is 1. The van der Waals surface area contributed by atoms with Crippen molar-refractivity contribution in [1.29, 1.82) is 0 Å². The van der Waals surface area contributed by atoms with Crippen LogP contribution in [0.15, 0.2) is 51.7 Å². The standard InChI is InChI=1S/C25H25NO6/c1-14-11-20(22-17-9-6-10-18(17)25(30)32-21(22)12-14)31-15(2)23(27)26-19(24(28)29)13-16-7-4-3-5-8-16/h3-5,7-8,11-12,15,19H,6,9-10,13H2,1-2H3,(H,26,27)(H,28,29)/p-1/t15-,19-/m0/s1. The Kier molecular flexibility index (Phi) is 5.99. The third-order valence-electron chi connectivity index (χ3n) is 5.74. The summed E-state index contributed by atoms with van der Waals surface area (Å²) in [5.41, 5.74) is 3.24. The van der Waals surface area contributed by atoms with Crippen molar-refractivity contribution in [1.82, 2.24) is 5.32 Å². The van der Waals surface area contributed by atoms with Gasteiger partial charge >= 0.3 is 5.63 Å². The number of hydrogen-bond acceptors (Lipinski definition) is 6. The molecule has 4 rings (SSSR count). The molecule has 1 aliphatic rings. The quantitative estimate of drug-likeness (QED) is 0.569. The van der Waals surface area contributed by atoms with Gasteiger partial charge < -0.3 is 24.4 Å². The molecule has 0 bridgehead atoms. The Hall–Kier alpha value is -3.61. The molecule has 0 fully saturated rings. The number of aliphatic carboxylic acids is 1. The van der Waals surface area contributed by atoms with Crippen molar-refractivity contribution < 1.29 is 23.8 Å². The molecule has 0 saturated heterocycles. The molecule has 1 N–H and O–H groups in total. The van der Waals surface area contributed by atoms with Crippen LogP contribution in [0.25, 0.3) is 11.0 Å². The Bertz CT molecular complexity index is 1230. The second-order valence-electron chi connectivity index (χ2n) is 8.17. The first kappa shape index (κ1) is 21.6. The highest BCUT2D eigenvalue weighted by Gasteiger charge is 2.25. The van der Waals surface area contributed by atoms with E-state index in [0.717, 1.165) is 29.5 Å². The number of benzene rings is 2. The van der Waals surface area contributed by atoms with Gasteiger partial charge in [0.2, 0.25) is 0 Å². The Balaban J connectivity index is 1.57. The minimum atomic E-state index is -1.37. The smallest absolute Gasteiger partial charge is 0.339 e. The number of amides is 1. The second kappa shape index (κ2) is 8.86. The van der Waals surface area contributed by atoms with Crippen molar-refractivity contribution in [2.75, 3.05) is 0 Å². The Labute approximate surface area is 185 Å². The topological polar surface area (TPSA) is 109 Å². The molecule has 1 aromatic heterocycles. The average Bonchev–Trinajstić information content (AvgIpc) is 3.24. The second-order valence-corrected chi connectivity index (χ2v) is 8.17. The van der Waals surface area contributed by atoms with Gasteiger partial charge in [-0.2, -0.15) is 0 Å². The number of carboxylic acid groups (broad SMARTS) is 1. The van der Waals surface area contributed by atoms with E-state index >= 15 is 0 Å². The van der Waals surface area contributed by atoms with Gasteiger partial charge in [0.15, 0.2) is 6.10 Å². The summed E-state index contributed by atoms with van der Waals surface area (Å²) in [4.78, 5) is 36.6. The molecule has 0 unspecified atom stereocenters. The van der Waals surface area contributed by atoms with Crippen LogP contribution in [0.2, 0.25) is 0 Å². The van der Waals surface area contributed by atoms with Crippen LogP contribution in [-0.4, -0.2) is 24.0 Å². The fourth-order valence-corrected chi connectivity index (χ4v) is 4.17. The van der Waals surface area contributed by atoms with Gasteiger partial charge in [-0.15, -0.1) is 0 Å². The van der Waals surface area contributed by atoms with E-state index in [0.29, 0.717) is 28.7 Å². The number of carboxylic acids is 1. The third kappa shape index (κ3) is 4.37. The lowest BCUT2D eigenvalue weighted by molar-refractivity contribution is -0.308. The molecule has 0 aliphatic heterocycles. The first-order chi connectivity index (χ1) is 15.3. The van der Waals surface area contributed by atoms with E-state index in [9.17, 15) is 19.5 Å². The van der Waals surface area contributed by atoms with Gasteiger partial charge in [0.1, 0.15) is 11.3 Å². The van der Waals surface area contributed by atoms with Gasteiger partial charge in [0.05, 0.1) is 17.4 Å². The van der Waals surface area contributed by atoms with Gasteiger partial charge in [-0.3, -0.25) is 4.79 Å². The molecular formula is C25H24NO6-. The summed E-state index contributed by atoms with van der Waals surface area (Å²) < 4.78 is 11.5. The van der Waals surface area contributed by atoms with Crippen molar-refractivity contribution in [3.05, 3.63) is 75.1 Å². The minimum absolute atomic E-state index is 0.105. The molecule has 1 amide bonds. The normalized spacial score (nSPS) is 14.6. The van der Waals surface area contributed by atoms with Crippen LogP contribution in [0.5, 0.6) is 5.75 Å². The Morgan fingerprint density at radius 1 is 1.16 bits per heavy atom. The molecule has 2 aromatic carbocycles. The Morgan fingerprint density at radius 3 is 2.59 bits per heavy atom. The van der Waals surface area contributed by atoms with E-state index in [4.69, 9.17) is 9.15 Å². The molecule has 166 valence electrons. The third-order valence-corrected chi connectivity index (χ3v) is 5.74. The van der Waals surface area contributed by atoms with E-state index in [1.54, 1.807) is 43.3 Å². The van der Waals surface area contributed by atoms with Crippen LogP contribution in [0.3, 0.4) is 0 Å². The lowest BCUT2D eigenvalue weighted by atomic mass is 10.0. The van der Waals surface area contributed by atoms with Crippen LogP contribution in [0.1, 0.15) is 35.6 Å². The van der Waals surface area contributed by atoms with Crippen molar-refractivity contribution in [3.63, 3.8) is 0 Å². The monoisotopic (exact) mass is 434 g/mol. The fourth-order valence-electron chi connectivity index (χ4n) is 4.17. The molecule has 7 heteroatoms. The average molecular weight is 434 g/mol. The highest BCUT2D eigenvalue weighted by molar-refractivity contribution is 5.90. The molecule has 1 aliphatic carbocycles. The van der Waals surface area contributed by atoms with Gasteiger partial charge in [0.25, 0.3) is 5.91 Å². The summed E-state index contributed by atoms with van der Waals surface area (Å²) >= 11 is 0. The van der Waals surface area contributed by atoms with Gasteiger partial charge in [-0.05, 0) is 68.4 Å². The zero-order valence-corrected chi connectivity index (χ0v) is 18.0. The van der Waals surface area contributed by atoms with Gasteiger partial charge in [0, 0.05) is 5.56 Å². The number of carbonyl (C=O) groups is 2. The van der Waals surface area contributed by atoms with E-state index < -0.39 is 24.0 Å². The maximum Gasteiger partial charge on any atom is 0.339 e. The summed E-state index contributed by atoms with van der Waals surface area (Å²) in [5.74, 6) is -1.49. The van der Waals surface area contributed by atoms with Crippen LogP contribution >= 0.6 is 0 Å². The zero-order chi connectivity index (χ0) is 22.8. The first-order valence-corrected chi connectivity index (χ1v) is 10.6. The number of aryl methyl sites for hydroxylation is 2. The van der Waals surface area contributed by atoms with Crippen molar-refractivity contribution in [2.24, 2.45) is 0 Å². The summed E-state index contributed by atoms with van der Waals surface area (Å²) in [6, 6.07) is 11.4. The summed E-state index contributed by atoms with van der Waals surface area (Å²) in [7, 11) is 0. The SMILES string of the molecule is Cc1cc(O[C@@H](C)C(=O)N[C@@H](Cc2ccccc2)C(=O)[O-])c2c3c(c(=O)oc2c1)CCC3. The first-order valence-electron chi connectivity index (χ1n) is 10.6. The van der Waals surface area contributed by atoms with Crippen molar-refractivity contribution in [2.45, 2.75) is 51.7 Å². The Morgan fingerprint density at radius 2 is 1.88 bits per heavy atom. The number of rotatable bonds is 7. The van der Waals surface area contributed by atoms with Gasteiger partial charge in [-0.25, -0.2) is 4.79 Å². The minimum Gasteiger partial charge on any atom is -0.548 e. The molecule has 0 saturated carbocycles. The molecular weight excluding hydrogens is 410 g/mol. The van der Waals surface area contributed by atoms with E-state index in [1.807, 2.05) is 13.0 Å². The lowest BCUT2D eigenvalue weighted by Gasteiger charge is -2.23. The molecule has 32 heavy (non-hydrogen) atoms. The van der Waals surface area contributed by atoms with Crippen molar-refractivity contribution in [3.8, 4) is 5.75 Å². The maximum atomic E-state index is 12.8. The zero-order valence-electron chi connectivity index (χ0n) is 18.0. The molecule has 7 nitrogen and oxygen atoms in total. The highest BCUT2D eigenvalue weighted by atomic mass is 16.5. The number of hydrogen-bond donors (Lipinski definition) is 1. The fraction of sp³-hybridized carbons (Fsp3) is 0.320. The molecule has 1 heterocycles. The van der Waals surface area contributed by atoms with E-state index in [2.05, 4.69) is 5.32 Å². The predicted octanol–water partition coefficient (Wildman–Crippen LogP) is 1.83. The molecule has 0 spiro atoms. The largest absolute Gasteiger partial charge is 0.548 e. The van der Waals surface area contributed by atoms with Crippen LogP contribution in [0, 0.1) is 6.92 Å². The molecule has 2 atom stereocenters. The summed E-state index contributed by atoms with van der Waals surface area (Å²) in [6.07, 6.45) is 1.38. The molecule has 0 radical (unpaired) electrons. The van der Waals surface area contributed by atoms with Crippen molar-refractivity contribution >= 4 is 22.8 Å². The molecule has 3 aromatic rings. The summed E-state index contributed by atoms with van der Waals surface area (Å²) in [6.45, 7) is 3.40. The lowest BCUT2D eigenvalue weighted by Crippen LogP contribution is -2.52. The number of nitrogens with one attached hydrogen (secondary N) is 1. The predicted molar refractivity (Wildman–Crippen MR) is 116 cm³/mol. The van der Waals surface area contributed by atoms with Crippen LogP contribution < -0.4 is 20.8 Å². The maximum absolute atomic E-state index is 12.8. The number of fused-ring (bicyclic) bond motifs is 3. The van der Waals surface area contributed by atoms with Crippen LogP contribution in [-0.2, 0) is 28.9 Å². The van der Waals surface area contributed by atoms with E-state index in [-0.39, 0.29) is 12.0 Å². The van der Waals surface area contributed by atoms with Gasteiger partial charge in [-0.1, -0.05) is 30.3 Å².